The summed E-state index contributed by atoms with van der Waals surface area (Å²) in [7, 11) is 1.94. The summed E-state index contributed by atoms with van der Waals surface area (Å²) in [4.78, 5) is 15.6. The van der Waals surface area contributed by atoms with Crippen molar-refractivity contribution in [1.29, 1.82) is 0 Å². The van der Waals surface area contributed by atoms with Crippen LogP contribution in [0.3, 0.4) is 0 Å². The van der Waals surface area contributed by atoms with Gasteiger partial charge in [0.1, 0.15) is 4.88 Å². The number of nitrogens with zero attached hydrogens (tertiary/aromatic N) is 2. The second kappa shape index (κ2) is 3.96. The van der Waals surface area contributed by atoms with Gasteiger partial charge in [-0.3, -0.25) is 0 Å². The standard InChI is InChI=1S/C13H10N2O2S/c1-15-6-9(8-4-2-3-5-10(8)15)11-12(13(16)17)18-7-14-11/h2-7H,1H3,(H,16,17). The first-order chi connectivity index (χ1) is 8.68. The maximum atomic E-state index is 11.2. The first-order valence-corrected chi connectivity index (χ1v) is 6.27. The van der Waals surface area contributed by atoms with E-state index in [9.17, 15) is 4.79 Å². The Balaban J connectivity index is 2.32. The van der Waals surface area contributed by atoms with Crippen LogP contribution in [0.4, 0.5) is 0 Å². The Morgan fingerprint density at radius 3 is 2.94 bits per heavy atom. The minimum absolute atomic E-state index is 0.284. The molecule has 5 heteroatoms. The molecule has 0 saturated carbocycles. The van der Waals surface area contributed by atoms with Gasteiger partial charge in [-0.15, -0.1) is 11.3 Å². The van der Waals surface area contributed by atoms with E-state index in [1.54, 1.807) is 5.51 Å². The summed E-state index contributed by atoms with van der Waals surface area (Å²) in [6.45, 7) is 0. The van der Waals surface area contributed by atoms with Crippen molar-refractivity contribution >= 4 is 28.2 Å². The third kappa shape index (κ3) is 1.52. The zero-order valence-electron chi connectivity index (χ0n) is 9.62. The molecule has 1 aromatic carbocycles. The largest absolute Gasteiger partial charge is 0.477 e. The molecule has 2 heterocycles. The van der Waals surface area contributed by atoms with E-state index < -0.39 is 5.97 Å². The molecule has 3 rings (SSSR count). The van der Waals surface area contributed by atoms with Gasteiger partial charge in [0, 0.05) is 29.7 Å². The van der Waals surface area contributed by atoms with Gasteiger partial charge in [-0.25, -0.2) is 9.78 Å². The summed E-state index contributed by atoms with van der Waals surface area (Å²) >= 11 is 1.15. The van der Waals surface area contributed by atoms with Crippen LogP contribution in [0, 0.1) is 0 Å². The normalized spacial score (nSPS) is 10.9. The van der Waals surface area contributed by atoms with Crippen LogP contribution in [-0.4, -0.2) is 20.6 Å². The Hall–Kier alpha value is -2.14. The molecule has 0 unspecified atom stereocenters. The van der Waals surface area contributed by atoms with Gasteiger partial charge >= 0.3 is 5.97 Å². The minimum atomic E-state index is -0.930. The first-order valence-electron chi connectivity index (χ1n) is 5.39. The van der Waals surface area contributed by atoms with E-state index in [2.05, 4.69) is 4.98 Å². The van der Waals surface area contributed by atoms with E-state index >= 15 is 0 Å². The van der Waals surface area contributed by atoms with Crippen LogP contribution in [0.1, 0.15) is 9.67 Å². The highest BCUT2D eigenvalue weighted by Gasteiger charge is 2.18. The Morgan fingerprint density at radius 1 is 1.39 bits per heavy atom. The molecule has 90 valence electrons. The number of hydrogen-bond donors (Lipinski definition) is 1. The van der Waals surface area contributed by atoms with Crippen LogP contribution in [0.5, 0.6) is 0 Å². The number of benzene rings is 1. The van der Waals surface area contributed by atoms with Gasteiger partial charge in [-0.2, -0.15) is 0 Å². The van der Waals surface area contributed by atoms with E-state index in [-0.39, 0.29) is 4.88 Å². The molecule has 2 aromatic heterocycles. The predicted molar refractivity (Wildman–Crippen MR) is 71.0 cm³/mol. The molecule has 0 aliphatic heterocycles. The summed E-state index contributed by atoms with van der Waals surface area (Å²) in [5.41, 5.74) is 4.05. The van der Waals surface area contributed by atoms with Crippen molar-refractivity contribution in [3.63, 3.8) is 0 Å². The minimum Gasteiger partial charge on any atom is -0.477 e. The van der Waals surface area contributed by atoms with Crippen molar-refractivity contribution in [3.05, 3.63) is 40.8 Å². The number of carboxylic acids is 1. The summed E-state index contributed by atoms with van der Waals surface area (Å²) in [6, 6.07) is 7.89. The number of carbonyl (C=O) groups is 1. The maximum absolute atomic E-state index is 11.2. The summed E-state index contributed by atoms with van der Waals surface area (Å²) in [6.07, 6.45) is 1.92. The van der Waals surface area contributed by atoms with Gasteiger partial charge in [0.05, 0.1) is 11.2 Å². The number of aromatic carboxylic acids is 1. The lowest BCUT2D eigenvalue weighted by molar-refractivity contribution is 0.0702. The quantitative estimate of drug-likeness (QED) is 0.768. The summed E-state index contributed by atoms with van der Waals surface area (Å²) in [5, 5.41) is 10.2. The van der Waals surface area contributed by atoms with Crippen LogP contribution in [0.2, 0.25) is 0 Å². The summed E-state index contributed by atoms with van der Waals surface area (Å²) < 4.78 is 1.98. The fraction of sp³-hybridized carbons (Fsp3) is 0.0769. The molecule has 0 atom stereocenters. The van der Waals surface area contributed by atoms with Gasteiger partial charge < -0.3 is 9.67 Å². The van der Waals surface area contributed by atoms with Crippen LogP contribution >= 0.6 is 11.3 Å². The number of para-hydroxylation sites is 1. The highest BCUT2D eigenvalue weighted by Crippen LogP contribution is 2.32. The van der Waals surface area contributed by atoms with Crippen LogP contribution in [0.25, 0.3) is 22.2 Å². The molecular formula is C13H10N2O2S. The number of rotatable bonds is 2. The summed E-state index contributed by atoms with van der Waals surface area (Å²) in [5.74, 6) is -0.930. The van der Waals surface area contributed by atoms with Crippen molar-refractivity contribution < 1.29 is 9.90 Å². The van der Waals surface area contributed by atoms with E-state index in [1.165, 1.54) is 0 Å². The van der Waals surface area contributed by atoms with Gasteiger partial charge in [-0.1, -0.05) is 18.2 Å². The molecule has 0 bridgehead atoms. The first kappa shape index (κ1) is 11.0. The third-order valence-corrected chi connectivity index (χ3v) is 3.73. The van der Waals surface area contributed by atoms with Crippen molar-refractivity contribution in [2.45, 2.75) is 0 Å². The molecule has 3 aromatic rings. The molecule has 1 N–H and O–H groups in total. The van der Waals surface area contributed by atoms with Crippen molar-refractivity contribution in [2.24, 2.45) is 7.05 Å². The van der Waals surface area contributed by atoms with Crippen molar-refractivity contribution in [2.75, 3.05) is 0 Å². The van der Waals surface area contributed by atoms with E-state index in [0.717, 1.165) is 27.8 Å². The molecule has 0 aliphatic carbocycles. The van der Waals surface area contributed by atoms with Gasteiger partial charge in [0.25, 0.3) is 0 Å². The van der Waals surface area contributed by atoms with Crippen LogP contribution in [0.15, 0.2) is 36.0 Å². The second-order valence-electron chi connectivity index (χ2n) is 4.01. The highest BCUT2D eigenvalue weighted by atomic mass is 32.1. The second-order valence-corrected chi connectivity index (χ2v) is 4.86. The molecule has 0 radical (unpaired) electrons. The lowest BCUT2D eigenvalue weighted by atomic mass is 10.1. The molecule has 0 aliphatic rings. The number of aromatic nitrogens is 2. The molecule has 0 spiro atoms. The Kier molecular flexibility index (Phi) is 2.41. The monoisotopic (exact) mass is 258 g/mol. The number of aryl methyl sites for hydroxylation is 1. The van der Waals surface area contributed by atoms with Crippen LogP contribution < -0.4 is 0 Å². The number of fused-ring (bicyclic) bond motifs is 1. The molecule has 4 nitrogen and oxygen atoms in total. The SMILES string of the molecule is Cn1cc(-c2ncsc2C(=O)O)c2ccccc21. The fourth-order valence-corrected chi connectivity index (χ4v) is 2.76. The van der Waals surface area contributed by atoms with Crippen LogP contribution in [-0.2, 0) is 7.05 Å². The molecule has 0 fully saturated rings. The topological polar surface area (TPSA) is 55.1 Å². The third-order valence-electron chi connectivity index (χ3n) is 2.91. The van der Waals surface area contributed by atoms with Gasteiger partial charge in [0.2, 0.25) is 0 Å². The van der Waals surface area contributed by atoms with E-state index in [4.69, 9.17) is 5.11 Å². The maximum Gasteiger partial charge on any atom is 0.348 e. The Morgan fingerprint density at radius 2 is 2.17 bits per heavy atom. The predicted octanol–water partition coefficient (Wildman–Crippen LogP) is 3.00. The average Bonchev–Trinajstić information content (AvgIpc) is 2.95. The Bertz CT molecular complexity index is 742. The fourth-order valence-electron chi connectivity index (χ4n) is 2.12. The lowest BCUT2D eigenvalue weighted by Crippen LogP contribution is -1.95. The highest BCUT2D eigenvalue weighted by molar-refractivity contribution is 7.12. The van der Waals surface area contributed by atoms with Gasteiger partial charge in [-0.05, 0) is 6.07 Å². The van der Waals surface area contributed by atoms with Crippen molar-refractivity contribution in [1.82, 2.24) is 9.55 Å². The molecule has 0 amide bonds. The number of hydrogen-bond acceptors (Lipinski definition) is 3. The lowest BCUT2D eigenvalue weighted by Gasteiger charge is -1.96. The Labute approximate surface area is 107 Å². The van der Waals surface area contributed by atoms with E-state index in [1.807, 2.05) is 42.1 Å². The zero-order valence-corrected chi connectivity index (χ0v) is 10.4. The smallest absolute Gasteiger partial charge is 0.348 e. The van der Waals surface area contributed by atoms with E-state index in [0.29, 0.717) is 5.69 Å². The average molecular weight is 258 g/mol. The number of carboxylic acid groups (broad SMARTS) is 1. The number of thiazole rings is 1. The van der Waals surface area contributed by atoms with Gasteiger partial charge in [0.15, 0.2) is 0 Å². The molecule has 0 saturated heterocycles. The molecule has 18 heavy (non-hydrogen) atoms. The molecular weight excluding hydrogens is 248 g/mol. The zero-order chi connectivity index (χ0) is 12.7. The van der Waals surface area contributed by atoms with Crippen molar-refractivity contribution in [3.8, 4) is 11.3 Å².